The molecule has 0 fully saturated rings. The summed E-state index contributed by atoms with van der Waals surface area (Å²) in [7, 11) is 0. The first-order valence-electron chi connectivity index (χ1n) is 11.2. The molecule has 38 heavy (non-hydrogen) atoms. The lowest BCUT2D eigenvalue weighted by atomic mass is 9.99. The number of nitrogens with one attached hydrogen (secondary N) is 1. The minimum Gasteiger partial charge on any atom is -0.455 e. The van der Waals surface area contributed by atoms with Gasteiger partial charge in [-0.05, 0) is 41.5 Å². The zero-order valence-corrected chi connectivity index (χ0v) is 19.4. The zero-order chi connectivity index (χ0) is 26.9. The third kappa shape index (κ3) is 5.28. The third-order valence-electron chi connectivity index (χ3n) is 5.63. The molecule has 0 amide bonds. The predicted molar refractivity (Wildman–Crippen MR) is 128 cm³/mol. The number of H-pyrrole nitrogens is 1. The number of halogens is 4. The Morgan fingerprint density at radius 3 is 2.55 bits per heavy atom. The van der Waals surface area contributed by atoms with Gasteiger partial charge >= 0.3 is 6.18 Å². The molecule has 0 spiro atoms. The number of alkyl halides is 3. The highest BCUT2D eigenvalue weighted by atomic mass is 19.4. The number of Topliss-reactive ketones (excluding diaryl/α,β-unsaturated/α-hetero) is 1. The van der Waals surface area contributed by atoms with Gasteiger partial charge in [-0.25, -0.2) is 19.0 Å². The van der Waals surface area contributed by atoms with Gasteiger partial charge in [-0.2, -0.15) is 18.3 Å². The van der Waals surface area contributed by atoms with E-state index in [1.54, 1.807) is 12.3 Å². The van der Waals surface area contributed by atoms with Crippen LogP contribution in [0.4, 0.5) is 17.6 Å². The maximum absolute atomic E-state index is 14.9. The molecule has 0 unspecified atom stereocenters. The smallest absolute Gasteiger partial charge is 0.416 e. The van der Waals surface area contributed by atoms with Crippen LogP contribution >= 0.6 is 0 Å². The molecule has 8 nitrogen and oxygen atoms in total. The van der Waals surface area contributed by atoms with Crippen molar-refractivity contribution in [2.75, 3.05) is 0 Å². The van der Waals surface area contributed by atoms with Gasteiger partial charge < -0.3 is 9.72 Å². The predicted octanol–water partition coefficient (Wildman–Crippen LogP) is 4.81. The van der Waals surface area contributed by atoms with Crippen LogP contribution in [0.3, 0.4) is 0 Å². The highest BCUT2D eigenvalue weighted by molar-refractivity contribution is 5.84. The van der Waals surface area contributed by atoms with Gasteiger partial charge in [0, 0.05) is 43.6 Å². The fourth-order valence-electron chi connectivity index (χ4n) is 3.89. The lowest BCUT2D eigenvalue weighted by molar-refractivity contribution is -0.137. The Hall–Kier alpha value is -4.87. The lowest BCUT2D eigenvalue weighted by Gasteiger charge is -2.14. The van der Waals surface area contributed by atoms with Gasteiger partial charge in [0.15, 0.2) is 11.4 Å². The molecular weight excluding hydrogens is 506 g/mol. The summed E-state index contributed by atoms with van der Waals surface area (Å²) in [6.45, 7) is 0. The second-order valence-electron chi connectivity index (χ2n) is 8.29. The van der Waals surface area contributed by atoms with Gasteiger partial charge in [0.1, 0.15) is 22.9 Å². The number of hydrogen-bond acceptors (Lipinski definition) is 6. The summed E-state index contributed by atoms with van der Waals surface area (Å²) in [6.07, 6.45) is 0.178. The van der Waals surface area contributed by atoms with Gasteiger partial charge in [-0.15, -0.1) is 0 Å². The van der Waals surface area contributed by atoms with Crippen LogP contribution in [0.15, 0.2) is 78.1 Å². The third-order valence-corrected chi connectivity index (χ3v) is 5.63. The molecule has 192 valence electrons. The number of fused-ring (bicyclic) bond motifs is 1. The van der Waals surface area contributed by atoms with Crippen LogP contribution in [0.5, 0.6) is 11.5 Å². The Morgan fingerprint density at radius 2 is 1.82 bits per heavy atom. The molecule has 0 bridgehead atoms. The maximum Gasteiger partial charge on any atom is 0.416 e. The van der Waals surface area contributed by atoms with Gasteiger partial charge in [-0.1, -0.05) is 6.07 Å². The highest BCUT2D eigenvalue weighted by Crippen LogP contribution is 2.32. The number of aromatic nitrogens is 5. The largest absolute Gasteiger partial charge is 0.455 e. The van der Waals surface area contributed by atoms with E-state index in [0.29, 0.717) is 5.69 Å². The van der Waals surface area contributed by atoms with Crippen molar-refractivity contribution >= 4 is 16.9 Å². The molecule has 0 saturated heterocycles. The number of carbonyl (C=O) groups excluding carboxylic acids is 1. The minimum atomic E-state index is -4.59. The number of aromatic amines is 1. The number of ether oxygens (including phenoxy) is 1. The molecular formula is C26H17F4N5O3. The van der Waals surface area contributed by atoms with Crippen molar-refractivity contribution in [1.82, 2.24) is 24.7 Å². The van der Waals surface area contributed by atoms with Crippen LogP contribution in [0.2, 0.25) is 0 Å². The van der Waals surface area contributed by atoms with E-state index in [2.05, 4.69) is 20.1 Å². The number of ketones is 1. The Balaban J connectivity index is 1.35. The first-order chi connectivity index (χ1) is 18.2. The van der Waals surface area contributed by atoms with Crippen molar-refractivity contribution in [2.45, 2.75) is 19.0 Å². The Labute approximate surface area is 211 Å². The van der Waals surface area contributed by atoms with E-state index in [9.17, 15) is 27.2 Å². The Bertz CT molecular complexity index is 1700. The van der Waals surface area contributed by atoms with Crippen molar-refractivity contribution in [1.29, 1.82) is 0 Å². The van der Waals surface area contributed by atoms with Gasteiger partial charge in [0.05, 0.1) is 17.4 Å². The normalized spacial score (nSPS) is 11.6. The van der Waals surface area contributed by atoms with Crippen molar-refractivity contribution in [3.8, 4) is 17.2 Å². The first-order valence-corrected chi connectivity index (χ1v) is 11.2. The quantitative estimate of drug-likeness (QED) is 0.307. The molecule has 1 N–H and O–H groups in total. The number of rotatable bonds is 7. The maximum atomic E-state index is 14.9. The van der Waals surface area contributed by atoms with E-state index < -0.39 is 28.9 Å². The summed E-state index contributed by atoms with van der Waals surface area (Å²) in [5.74, 6) is -0.881. The molecule has 0 radical (unpaired) electrons. The summed E-state index contributed by atoms with van der Waals surface area (Å²) in [4.78, 5) is 34.8. The highest BCUT2D eigenvalue weighted by Gasteiger charge is 2.31. The van der Waals surface area contributed by atoms with Crippen molar-refractivity contribution in [3.05, 3.63) is 106 Å². The first kappa shape index (κ1) is 24.8. The SMILES string of the molecule is O=C(Cc1ccc(Oc2ccnc3[nH]c(=O)cnc23)cc1F)Cc1cc(C(F)(F)F)ccc1-n1cccn1. The monoisotopic (exact) mass is 523 g/mol. The molecule has 0 aliphatic carbocycles. The average Bonchev–Trinajstić information content (AvgIpc) is 3.40. The second-order valence-corrected chi connectivity index (χ2v) is 8.29. The van der Waals surface area contributed by atoms with Gasteiger partial charge in [0.2, 0.25) is 0 Å². The standard InChI is InChI=1S/C26H17F4N5O3/c27-20-13-19(38-22-6-8-31-25-24(22)32-14-23(37)34-25)4-2-15(20)11-18(36)12-16-10-17(26(28,29)30)3-5-21(16)35-9-1-7-33-35/h1-10,13-14H,11-12H2,(H,31,34,37). The zero-order valence-electron chi connectivity index (χ0n) is 19.4. The average molecular weight is 523 g/mol. The second kappa shape index (κ2) is 9.88. The Kier molecular flexibility index (Phi) is 6.45. The molecule has 3 heterocycles. The van der Waals surface area contributed by atoms with Gasteiger partial charge in [-0.3, -0.25) is 9.59 Å². The van der Waals surface area contributed by atoms with Gasteiger partial charge in [0.25, 0.3) is 5.56 Å². The van der Waals surface area contributed by atoms with Crippen LogP contribution in [0.25, 0.3) is 16.9 Å². The van der Waals surface area contributed by atoms with Crippen molar-refractivity contribution in [3.63, 3.8) is 0 Å². The summed E-state index contributed by atoms with van der Waals surface area (Å²) in [5, 5.41) is 4.04. The molecule has 3 aromatic heterocycles. The van der Waals surface area contributed by atoms with E-state index in [1.165, 1.54) is 41.3 Å². The summed E-state index contributed by atoms with van der Waals surface area (Å²) < 4.78 is 61.8. The molecule has 2 aromatic carbocycles. The van der Waals surface area contributed by atoms with Crippen LogP contribution in [0, 0.1) is 5.82 Å². The number of benzene rings is 2. The van der Waals surface area contributed by atoms with Crippen molar-refractivity contribution in [2.24, 2.45) is 0 Å². The number of nitrogens with zero attached hydrogens (tertiary/aromatic N) is 4. The van der Waals surface area contributed by atoms with E-state index in [-0.39, 0.29) is 46.6 Å². The van der Waals surface area contributed by atoms with E-state index in [1.807, 2.05) is 0 Å². The minimum absolute atomic E-state index is 0.0528. The van der Waals surface area contributed by atoms with Crippen LogP contribution in [-0.4, -0.2) is 30.5 Å². The molecule has 12 heteroatoms. The molecule has 0 aliphatic heterocycles. The lowest BCUT2D eigenvalue weighted by Crippen LogP contribution is -2.13. The van der Waals surface area contributed by atoms with Crippen LogP contribution < -0.4 is 10.3 Å². The number of carbonyl (C=O) groups is 1. The molecule has 5 rings (SSSR count). The number of pyridine rings is 1. The molecule has 5 aromatic rings. The van der Waals surface area contributed by atoms with E-state index in [4.69, 9.17) is 4.74 Å². The molecule has 0 aliphatic rings. The summed E-state index contributed by atoms with van der Waals surface area (Å²) >= 11 is 0. The van der Waals surface area contributed by atoms with E-state index >= 15 is 0 Å². The number of hydrogen-bond donors (Lipinski definition) is 1. The topological polar surface area (TPSA) is 103 Å². The Morgan fingerprint density at radius 1 is 1.00 bits per heavy atom. The van der Waals surface area contributed by atoms with Crippen LogP contribution in [-0.2, 0) is 23.8 Å². The molecule has 0 saturated carbocycles. The van der Waals surface area contributed by atoms with Crippen LogP contribution in [0.1, 0.15) is 16.7 Å². The van der Waals surface area contributed by atoms with Crippen molar-refractivity contribution < 1.29 is 27.1 Å². The van der Waals surface area contributed by atoms with E-state index in [0.717, 1.165) is 24.4 Å². The summed E-state index contributed by atoms with van der Waals surface area (Å²) in [5.41, 5.74) is -0.390. The molecule has 0 atom stereocenters. The fourth-order valence-corrected chi connectivity index (χ4v) is 3.89. The summed E-state index contributed by atoms with van der Waals surface area (Å²) in [6, 6.07) is 10.1. The fraction of sp³-hybridized carbons (Fsp3) is 0.115.